The Morgan fingerprint density at radius 3 is 2.33 bits per heavy atom. The third-order valence-corrected chi connectivity index (χ3v) is 7.95. The van der Waals surface area contributed by atoms with Crippen molar-refractivity contribution >= 4 is 41.0 Å². The largest absolute Gasteiger partial charge is 0.324 e. The van der Waals surface area contributed by atoms with Crippen molar-refractivity contribution in [2.24, 2.45) is 0 Å². The Morgan fingerprint density at radius 1 is 1.00 bits per heavy atom. The van der Waals surface area contributed by atoms with Crippen LogP contribution in [0.25, 0.3) is 0 Å². The fourth-order valence-corrected chi connectivity index (χ4v) is 6.02. The highest BCUT2D eigenvalue weighted by Gasteiger charge is 2.47. The number of halogens is 1. The Morgan fingerprint density at radius 2 is 1.67 bits per heavy atom. The first-order valence-corrected chi connectivity index (χ1v) is 11.6. The summed E-state index contributed by atoms with van der Waals surface area (Å²) in [5.41, 5.74) is 3.55. The van der Waals surface area contributed by atoms with Crippen LogP contribution >= 0.6 is 23.4 Å². The van der Waals surface area contributed by atoms with Crippen molar-refractivity contribution in [3.8, 4) is 0 Å². The average molecular weight is 444 g/mol. The van der Waals surface area contributed by atoms with E-state index in [-0.39, 0.29) is 16.8 Å². The molecule has 0 unspecified atom stereocenters. The topological polar surface area (TPSA) is 52.7 Å². The number of thioether (sulfide) groups is 1. The van der Waals surface area contributed by atoms with Crippen molar-refractivity contribution < 1.29 is 9.59 Å². The molecule has 0 bridgehead atoms. The smallest absolute Gasteiger partial charge is 0.321 e. The molecule has 5 nitrogen and oxygen atoms in total. The van der Waals surface area contributed by atoms with Crippen molar-refractivity contribution in [3.05, 3.63) is 64.2 Å². The molecule has 2 saturated heterocycles. The zero-order valence-corrected chi connectivity index (χ0v) is 18.9. The summed E-state index contributed by atoms with van der Waals surface area (Å²) >= 11 is 8.11. The van der Waals surface area contributed by atoms with E-state index in [9.17, 15) is 9.59 Å². The molecule has 30 heavy (non-hydrogen) atoms. The lowest BCUT2D eigenvalue weighted by molar-refractivity contribution is 0.0586. The summed E-state index contributed by atoms with van der Waals surface area (Å²) in [5, 5.41) is 3.56. The van der Waals surface area contributed by atoms with Crippen LogP contribution in [0.2, 0.25) is 5.02 Å². The molecule has 0 atom stereocenters. The van der Waals surface area contributed by atoms with Gasteiger partial charge in [0.15, 0.2) is 0 Å². The van der Waals surface area contributed by atoms with E-state index in [4.69, 9.17) is 11.6 Å². The first kappa shape index (κ1) is 21.1. The second kappa shape index (κ2) is 8.52. The zero-order chi connectivity index (χ0) is 21.3. The summed E-state index contributed by atoms with van der Waals surface area (Å²) < 4.78 is 0. The molecule has 4 rings (SSSR count). The second-order valence-electron chi connectivity index (χ2n) is 7.92. The Kier molecular flexibility index (Phi) is 5.98. The molecule has 0 saturated carbocycles. The minimum atomic E-state index is -0.258. The number of amides is 3. The third kappa shape index (κ3) is 3.91. The molecule has 2 fully saturated rings. The van der Waals surface area contributed by atoms with Gasteiger partial charge in [0.05, 0.1) is 15.5 Å². The van der Waals surface area contributed by atoms with Crippen molar-refractivity contribution in [3.63, 3.8) is 0 Å². The molecule has 2 heterocycles. The van der Waals surface area contributed by atoms with Crippen LogP contribution in [-0.2, 0) is 0 Å². The van der Waals surface area contributed by atoms with E-state index >= 15 is 0 Å². The van der Waals surface area contributed by atoms with Gasteiger partial charge >= 0.3 is 6.03 Å². The van der Waals surface area contributed by atoms with Crippen LogP contribution in [0.1, 0.15) is 34.3 Å². The molecule has 0 radical (unpaired) electrons. The lowest BCUT2D eigenvalue weighted by Gasteiger charge is -2.44. The number of aryl methyl sites for hydroxylation is 2. The fourth-order valence-electron chi connectivity index (χ4n) is 4.35. The van der Waals surface area contributed by atoms with Crippen LogP contribution in [0.5, 0.6) is 0 Å². The third-order valence-electron chi connectivity index (χ3n) is 6.07. The van der Waals surface area contributed by atoms with Gasteiger partial charge in [0, 0.05) is 31.1 Å². The number of rotatable bonds is 2. The molecule has 7 heteroatoms. The molecule has 2 aliphatic heterocycles. The van der Waals surface area contributed by atoms with Crippen molar-refractivity contribution in [1.82, 2.24) is 9.80 Å². The van der Waals surface area contributed by atoms with Gasteiger partial charge in [-0.1, -0.05) is 41.9 Å². The molecular formula is C23H26ClN3O2S. The summed E-state index contributed by atoms with van der Waals surface area (Å²) in [5.74, 6) is 0.893. The Labute approximate surface area is 186 Å². The number of para-hydroxylation sites is 1. The van der Waals surface area contributed by atoms with Crippen molar-refractivity contribution in [2.45, 2.75) is 31.6 Å². The number of carbonyl (C=O) groups excluding carboxylic acids is 2. The predicted molar refractivity (Wildman–Crippen MR) is 123 cm³/mol. The van der Waals surface area contributed by atoms with Crippen LogP contribution < -0.4 is 5.32 Å². The number of anilines is 1. The number of likely N-dealkylation sites (tertiary alicyclic amines) is 1. The maximum absolute atomic E-state index is 13.2. The molecular weight excluding hydrogens is 418 g/mol. The average Bonchev–Trinajstić information content (AvgIpc) is 3.14. The summed E-state index contributed by atoms with van der Waals surface area (Å²) in [6.45, 7) is 5.96. The predicted octanol–water partition coefficient (Wildman–Crippen LogP) is 5.17. The van der Waals surface area contributed by atoms with Crippen LogP contribution in [0.15, 0.2) is 42.5 Å². The lowest BCUT2D eigenvalue weighted by atomic mass is 10.0. The highest BCUT2D eigenvalue weighted by atomic mass is 35.5. The standard InChI is InChI=1S/C23H26ClN3O2S/c1-16-6-5-7-17(2)20(16)25-22(29)26-12-10-23(11-13-26)27(14-15-30-23)21(28)18-8-3-4-9-19(18)24/h3-9H,10-15H2,1-2H3,(H,25,29). The zero-order valence-electron chi connectivity index (χ0n) is 17.3. The van der Waals surface area contributed by atoms with Gasteiger partial charge in [-0.15, -0.1) is 11.8 Å². The maximum Gasteiger partial charge on any atom is 0.321 e. The van der Waals surface area contributed by atoms with E-state index in [2.05, 4.69) is 5.32 Å². The quantitative estimate of drug-likeness (QED) is 0.696. The summed E-state index contributed by atoms with van der Waals surface area (Å²) in [4.78, 5) is 29.6. The van der Waals surface area contributed by atoms with Gasteiger partial charge in [-0.25, -0.2) is 4.79 Å². The number of nitrogens with zero attached hydrogens (tertiary/aromatic N) is 2. The van der Waals surface area contributed by atoms with Gasteiger partial charge in [0.25, 0.3) is 5.91 Å². The van der Waals surface area contributed by atoms with E-state index in [1.54, 1.807) is 12.1 Å². The van der Waals surface area contributed by atoms with Gasteiger partial charge < -0.3 is 15.1 Å². The number of benzene rings is 2. The number of hydrogen-bond donors (Lipinski definition) is 1. The van der Waals surface area contributed by atoms with E-state index in [0.717, 1.165) is 35.4 Å². The molecule has 1 N–H and O–H groups in total. The minimum Gasteiger partial charge on any atom is -0.324 e. The molecule has 0 aliphatic carbocycles. The van der Waals surface area contributed by atoms with Crippen LogP contribution in [0.3, 0.4) is 0 Å². The second-order valence-corrected chi connectivity index (χ2v) is 9.78. The Hall–Kier alpha value is -2.18. The van der Waals surface area contributed by atoms with Crippen molar-refractivity contribution in [1.29, 1.82) is 0 Å². The summed E-state index contributed by atoms with van der Waals surface area (Å²) in [6.07, 6.45) is 1.52. The lowest BCUT2D eigenvalue weighted by Crippen LogP contribution is -2.54. The summed E-state index contributed by atoms with van der Waals surface area (Å²) in [6, 6.07) is 13.1. The number of piperidine rings is 1. The molecule has 1 spiro atoms. The first-order chi connectivity index (χ1) is 14.4. The Balaban J connectivity index is 1.44. The normalized spacial score (nSPS) is 18.0. The molecule has 2 aliphatic rings. The van der Waals surface area contributed by atoms with Crippen molar-refractivity contribution in [2.75, 3.05) is 30.7 Å². The molecule has 3 amide bonds. The van der Waals surface area contributed by atoms with Gasteiger partial charge in [-0.2, -0.15) is 0 Å². The number of nitrogens with one attached hydrogen (secondary N) is 1. The van der Waals surface area contributed by atoms with Crippen LogP contribution in [-0.4, -0.2) is 52.0 Å². The molecule has 158 valence electrons. The number of hydrogen-bond acceptors (Lipinski definition) is 3. The van der Waals surface area contributed by atoms with Gasteiger partial charge in [-0.3, -0.25) is 4.79 Å². The minimum absolute atomic E-state index is 0.0148. The van der Waals surface area contributed by atoms with Gasteiger partial charge in [0.1, 0.15) is 0 Å². The SMILES string of the molecule is Cc1cccc(C)c1NC(=O)N1CCC2(CC1)SCCN2C(=O)c1ccccc1Cl. The van der Waals surface area contributed by atoms with Crippen LogP contribution in [0.4, 0.5) is 10.5 Å². The number of urea groups is 1. The molecule has 2 aromatic carbocycles. The van der Waals surface area contributed by atoms with E-state index in [1.807, 2.05) is 65.7 Å². The Bertz CT molecular complexity index is 952. The fraction of sp³-hybridized carbons (Fsp3) is 0.391. The summed E-state index contributed by atoms with van der Waals surface area (Å²) in [7, 11) is 0. The number of carbonyl (C=O) groups is 2. The van der Waals surface area contributed by atoms with Gasteiger partial charge in [-0.05, 0) is 49.9 Å². The van der Waals surface area contributed by atoms with Crippen LogP contribution in [0, 0.1) is 13.8 Å². The maximum atomic E-state index is 13.2. The van der Waals surface area contributed by atoms with Gasteiger partial charge in [0.2, 0.25) is 0 Å². The van der Waals surface area contributed by atoms with E-state index < -0.39 is 0 Å². The van der Waals surface area contributed by atoms with E-state index in [1.165, 1.54) is 0 Å². The monoisotopic (exact) mass is 443 g/mol. The first-order valence-electron chi connectivity index (χ1n) is 10.2. The highest BCUT2D eigenvalue weighted by Crippen LogP contribution is 2.45. The molecule has 0 aromatic heterocycles. The van der Waals surface area contributed by atoms with E-state index in [0.29, 0.717) is 30.2 Å². The molecule has 2 aromatic rings. The highest BCUT2D eigenvalue weighted by molar-refractivity contribution is 8.00.